The molecule has 2 aromatic carbocycles. The first-order valence-electron chi connectivity index (χ1n) is 11.9. The van der Waals surface area contributed by atoms with Crippen LogP contribution in [0.25, 0.3) is 5.69 Å². The molecule has 2 atom stereocenters. The maximum atomic E-state index is 13.3. The van der Waals surface area contributed by atoms with Crippen LogP contribution < -0.4 is 0 Å². The number of para-hydroxylation sites is 1. The molecule has 8 heteroatoms. The minimum atomic E-state index is -0.00504. The van der Waals surface area contributed by atoms with Crippen LogP contribution in [0.1, 0.15) is 37.2 Å². The smallest absolute Gasteiger partial charge is 0.240 e. The maximum absolute atomic E-state index is 13.3. The predicted octanol–water partition coefficient (Wildman–Crippen LogP) is 2.53. The summed E-state index contributed by atoms with van der Waals surface area (Å²) in [5.41, 5.74) is 2.16. The fourth-order valence-corrected chi connectivity index (χ4v) is 5.03. The number of hydrogen-bond acceptors (Lipinski definition) is 6. The number of aromatic nitrogens is 4. The molecule has 5 rings (SSSR count). The van der Waals surface area contributed by atoms with Crippen molar-refractivity contribution >= 4 is 5.91 Å². The van der Waals surface area contributed by atoms with Gasteiger partial charge < -0.3 is 4.90 Å². The van der Waals surface area contributed by atoms with Crippen LogP contribution in [0.3, 0.4) is 0 Å². The molecule has 2 aliphatic heterocycles. The van der Waals surface area contributed by atoms with Crippen molar-refractivity contribution < 1.29 is 4.79 Å². The van der Waals surface area contributed by atoms with Gasteiger partial charge in [0.15, 0.2) is 5.82 Å². The predicted molar refractivity (Wildman–Crippen MR) is 126 cm³/mol. The maximum Gasteiger partial charge on any atom is 0.240 e. The van der Waals surface area contributed by atoms with E-state index in [1.807, 2.05) is 58.1 Å². The molecule has 2 aliphatic rings. The van der Waals surface area contributed by atoms with Crippen LogP contribution in [-0.2, 0) is 11.3 Å². The topological polar surface area (TPSA) is 70.4 Å². The Morgan fingerprint density at radius 1 is 0.939 bits per heavy atom. The number of amides is 1. The molecule has 33 heavy (non-hydrogen) atoms. The van der Waals surface area contributed by atoms with Gasteiger partial charge in [0, 0.05) is 39.3 Å². The van der Waals surface area contributed by atoms with Crippen LogP contribution in [0.5, 0.6) is 0 Å². The molecule has 0 unspecified atom stereocenters. The molecule has 0 spiro atoms. The van der Waals surface area contributed by atoms with Gasteiger partial charge >= 0.3 is 0 Å². The Balaban J connectivity index is 1.21. The van der Waals surface area contributed by atoms with E-state index in [4.69, 9.17) is 0 Å². The molecule has 0 N–H and O–H groups in total. The Labute approximate surface area is 194 Å². The Kier molecular flexibility index (Phi) is 6.46. The van der Waals surface area contributed by atoms with E-state index in [1.54, 1.807) is 0 Å². The third-order valence-corrected chi connectivity index (χ3v) is 6.92. The highest BCUT2D eigenvalue weighted by atomic mass is 16.2. The van der Waals surface area contributed by atoms with Crippen molar-refractivity contribution in [3.63, 3.8) is 0 Å². The molecule has 0 radical (unpaired) electrons. The second kappa shape index (κ2) is 9.80. The summed E-state index contributed by atoms with van der Waals surface area (Å²) < 4.78 is 1.82. The number of rotatable bonds is 6. The molecule has 1 aromatic heterocycles. The van der Waals surface area contributed by atoms with Crippen molar-refractivity contribution in [2.24, 2.45) is 0 Å². The average molecular weight is 446 g/mol. The molecule has 0 aliphatic carbocycles. The first-order valence-corrected chi connectivity index (χ1v) is 11.9. The average Bonchev–Trinajstić information content (AvgIpc) is 3.36. The molecule has 0 saturated carbocycles. The number of piperidine rings is 1. The zero-order valence-corrected chi connectivity index (χ0v) is 19.1. The minimum Gasteiger partial charge on any atom is -0.337 e. The lowest BCUT2D eigenvalue weighted by molar-refractivity contribution is -0.141. The SMILES string of the molecule is C[C@H](c1nnnn1-c1ccccc1)N1CCN([C@H]2CCCN(Cc3ccccc3)C2=O)CC1. The summed E-state index contributed by atoms with van der Waals surface area (Å²) >= 11 is 0. The Morgan fingerprint density at radius 3 is 2.36 bits per heavy atom. The van der Waals surface area contributed by atoms with E-state index in [2.05, 4.69) is 44.4 Å². The van der Waals surface area contributed by atoms with Crippen LogP contribution in [0.4, 0.5) is 0 Å². The summed E-state index contributed by atoms with van der Waals surface area (Å²) in [4.78, 5) is 20.1. The molecule has 3 aromatic rings. The van der Waals surface area contributed by atoms with Crippen LogP contribution in [0.15, 0.2) is 60.7 Å². The normalized spacial score (nSPS) is 21.3. The van der Waals surface area contributed by atoms with Gasteiger partial charge in [-0.15, -0.1) is 5.10 Å². The Bertz CT molecular complexity index is 1050. The van der Waals surface area contributed by atoms with Crippen LogP contribution in [0.2, 0.25) is 0 Å². The molecule has 0 bridgehead atoms. The Morgan fingerprint density at radius 2 is 1.64 bits per heavy atom. The monoisotopic (exact) mass is 445 g/mol. The first-order chi connectivity index (χ1) is 16.2. The minimum absolute atomic E-state index is 0.00504. The molecule has 3 heterocycles. The zero-order chi connectivity index (χ0) is 22.6. The highest BCUT2D eigenvalue weighted by molar-refractivity contribution is 5.82. The standard InChI is InChI=1S/C25H31N7O/c1-20(24-26-27-28-32(24)22-11-6-3-7-12-22)29-15-17-30(18-16-29)23-13-8-14-31(25(23)33)19-21-9-4-2-5-10-21/h2-7,9-12,20,23H,8,13-19H2,1H3/t20-,23+/m1/s1. The van der Waals surface area contributed by atoms with Gasteiger partial charge in [0.2, 0.25) is 5.91 Å². The number of carbonyl (C=O) groups excluding carboxylic acids is 1. The summed E-state index contributed by atoms with van der Waals surface area (Å²) in [7, 11) is 0. The van der Waals surface area contributed by atoms with Gasteiger partial charge in [-0.2, -0.15) is 4.68 Å². The van der Waals surface area contributed by atoms with E-state index < -0.39 is 0 Å². The number of tetrazole rings is 1. The molecule has 8 nitrogen and oxygen atoms in total. The lowest BCUT2D eigenvalue weighted by atomic mass is 10.0. The van der Waals surface area contributed by atoms with Gasteiger partial charge in [0.1, 0.15) is 0 Å². The van der Waals surface area contributed by atoms with Crippen LogP contribution in [0, 0.1) is 0 Å². The molecule has 172 valence electrons. The molecule has 2 fully saturated rings. The van der Waals surface area contributed by atoms with Crippen molar-refractivity contribution in [2.45, 2.75) is 38.4 Å². The summed E-state index contributed by atoms with van der Waals surface area (Å²) in [6, 6.07) is 20.4. The zero-order valence-electron chi connectivity index (χ0n) is 19.1. The number of carbonyl (C=O) groups is 1. The fraction of sp³-hybridized carbons (Fsp3) is 0.440. The number of hydrogen-bond donors (Lipinski definition) is 0. The van der Waals surface area contributed by atoms with Crippen molar-refractivity contribution in [2.75, 3.05) is 32.7 Å². The van der Waals surface area contributed by atoms with Gasteiger partial charge in [-0.25, -0.2) is 0 Å². The lowest BCUT2D eigenvalue weighted by Gasteiger charge is -2.43. The first kappa shape index (κ1) is 21.7. The van der Waals surface area contributed by atoms with Crippen molar-refractivity contribution in [3.8, 4) is 5.69 Å². The van der Waals surface area contributed by atoms with Crippen LogP contribution in [-0.4, -0.2) is 79.6 Å². The second-order valence-corrected chi connectivity index (χ2v) is 8.94. The largest absolute Gasteiger partial charge is 0.337 e. The second-order valence-electron chi connectivity index (χ2n) is 8.94. The lowest BCUT2D eigenvalue weighted by Crippen LogP contribution is -2.57. The van der Waals surface area contributed by atoms with Crippen molar-refractivity contribution in [1.82, 2.24) is 34.9 Å². The van der Waals surface area contributed by atoms with Gasteiger partial charge in [0.05, 0.1) is 17.8 Å². The summed E-state index contributed by atoms with van der Waals surface area (Å²) in [6.07, 6.45) is 2.01. The fourth-order valence-electron chi connectivity index (χ4n) is 5.03. The van der Waals surface area contributed by atoms with Gasteiger partial charge in [-0.05, 0) is 47.9 Å². The van der Waals surface area contributed by atoms with E-state index in [0.29, 0.717) is 6.54 Å². The van der Waals surface area contributed by atoms with E-state index in [1.165, 1.54) is 5.56 Å². The quantitative estimate of drug-likeness (QED) is 0.581. The number of benzene rings is 2. The molecule has 1 amide bonds. The number of nitrogens with zero attached hydrogens (tertiary/aromatic N) is 7. The summed E-state index contributed by atoms with van der Waals surface area (Å²) in [5.74, 6) is 1.12. The van der Waals surface area contributed by atoms with E-state index in [0.717, 1.165) is 57.1 Å². The number of piperazine rings is 1. The third-order valence-electron chi connectivity index (χ3n) is 6.92. The number of likely N-dealkylation sites (tertiary alicyclic amines) is 1. The molecular formula is C25H31N7O. The Hall–Kier alpha value is -3.10. The molecular weight excluding hydrogens is 414 g/mol. The van der Waals surface area contributed by atoms with E-state index in [9.17, 15) is 4.79 Å². The van der Waals surface area contributed by atoms with Gasteiger partial charge in [-0.3, -0.25) is 14.6 Å². The van der Waals surface area contributed by atoms with Gasteiger partial charge in [0.25, 0.3) is 0 Å². The van der Waals surface area contributed by atoms with E-state index in [-0.39, 0.29) is 18.0 Å². The highest BCUT2D eigenvalue weighted by Gasteiger charge is 2.36. The van der Waals surface area contributed by atoms with Crippen molar-refractivity contribution in [3.05, 3.63) is 72.1 Å². The summed E-state index contributed by atoms with van der Waals surface area (Å²) in [5, 5.41) is 12.5. The van der Waals surface area contributed by atoms with Crippen LogP contribution >= 0.6 is 0 Å². The van der Waals surface area contributed by atoms with Crippen molar-refractivity contribution in [1.29, 1.82) is 0 Å². The van der Waals surface area contributed by atoms with E-state index >= 15 is 0 Å². The third kappa shape index (κ3) is 4.67. The highest BCUT2D eigenvalue weighted by Crippen LogP contribution is 2.25. The summed E-state index contributed by atoms with van der Waals surface area (Å²) in [6.45, 7) is 7.27. The molecule has 2 saturated heterocycles. The van der Waals surface area contributed by atoms with Gasteiger partial charge in [-0.1, -0.05) is 48.5 Å².